The molecular weight excluding hydrogens is 248 g/mol. The van der Waals surface area contributed by atoms with Gasteiger partial charge in [-0.2, -0.15) is 0 Å². The van der Waals surface area contributed by atoms with Crippen LogP contribution >= 0.6 is 0 Å². The van der Waals surface area contributed by atoms with Crippen LogP contribution in [-0.4, -0.2) is 5.97 Å². The molecule has 0 bridgehead atoms. The van der Waals surface area contributed by atoms with Crippen LogP contribution in [0.2, 0.25) is 10.5 Å². The van der Waals surface area contributed by atoms with Crippen LogP contribution in [0, 0.1) is 5.41 Å². The Labute approximate surface area is 109 Å². The molecule has 0 amide bonds. The van der Waals surface area contributed by atoms with Crippen LogP contribution in [0.15, 0.2) is 20.6 Å². The third-order valence-corrected chi connectivity index (χ3v) is 8.75. The zero-order valence-corrected chi connectivity index (χ0v) is 13.9. The first-order valence-corrected chi connectivity index (χ1v) is 10.7. The van der Waals surface area contributed by atoms with Crippen molar-refractivity contribution in [3.63, 3.8) is 0 Å². The molecule has 0 spiro atoms. The van der Waals surface area contributed by atoms with E-state index in [2.05, 4.69) is 45.1 Å². The van der Waals surface area contributed by atoms with E-state index in [-0.39, 0.29) is 11.4 Å². The summed E-state index contributed by atoms with van der Waals surface area (Å²) in [4.78, 5) is 11.3. The summed E-state index contributed by atoms with van der Waals surface area (Å²) < 4.78 is 7.09. The summed E-state index contributed by atoms with van der Waals surface area (Å²) in [7, 11) is 0. The molecule has 2 nitrogen and oxygen atoms in total. The van der Waals surface area contributed by atoms with E-state index < -0.39 is 17.0 Å². The Morgan fingerprint density at radius 1 is 1.12 bits per heavy atom. The Morgan fingerprint density at radius 2 is 1.59 bits per heavy atom. The van der Waals surface area contributed by atoms with Gasteiger partial charge in [-0.05, 0) is 0 Å². The van der Waals surface area contributed by atoms with Gasteiger partial charge in [0, 0.05) is 0 Å². The molecular formula is C14H24O2Ti. The molecule has 17 heavy (non-hydrogen) atoms. The molecule has 0 unspecified atom stereocenters. The number of carbonyl (C=O) groups excluding carboxylic acids is 1. The summed E-state index contributed by atoms with van der Waals surface area (Å²) in [6, 6.07) is 0. The van der Waals surface area contributed by atoms with Crippen LogP contribution in [0.3, 0.4) is 0 Å². The number of hydrogen-bond donors (Lipinski definition) is 0. The van der Waals surface area contributed by atoms with Crippen LogP contribution in [0.5, 0.6) is 0 Å². The molecule has 0 saturated carbocycles. The Hall–Kier alpha value is -0.336. The first-order chi connectivity index (χ1) is 7.51. The monoisotopic (exact) mass is 272 g/mol. The van der Waals surface area contributed by atoms with Crippen LogP contribution in [0.1, 0.15) is 41.5 Å². The van der Waals surface area contributed by atoms with Crippen LogP contribution < -0.4 is 0 Å². The maximum absolute atomic E-state index is 11.3. The van der Waals surface area contributed by atoms with Crippen molar-refractivity contribution < 1.29 is 25.1 Å². The second-order valence-electron chi connectivity index (χ2n) is 5.98. The third-order valence-electron chi connectivity index (χ3n) is 4.06. The van der Waals surface area contributed by atoms with Crippen molar-refractivity contribution in [1.29, 1.82) is 0 Å². The molecule has 0 aromatic heterocycles. The minimum absolute atomic E-state index is 0.0487. The normalized spacial score (nSPS) is 20.0. The fraction of sp³-hybridized carbons (Fsp3) is 0.643. The molecule has 0 aliphatic heterocycles. The van der Waals surface area contributed by atoms with Gasteiger partial charge in [0.05, 0.1) is 0 Å². The van der Waals surface area contributed by atoms with E-state index in [0.29, 0.717) is 0 Å². The molecule has 1 aliphatic carbocycles. The van der Waals surface area contributed by atoms with E-state index in [1.54, 1.807) is 0 Å². The first-order valence-electron chi connectivity index (χ1n) is 6.11. The van der Waals surface area contributed by atoms with Crippen molar-refractivity contribution in [2.45, 2.75) is 52.0 Å². The van der Waals surface area contributed by atoms with Gasteiger partial charge in [0.2, 0.25) is 0 Å². The Morgan fingerprint density at radius 3 is 1.88 bits per heavy atom. The molecule has 0 aromatic rings. The number of allylic oxidation sites excluding steroid dienone is 4. The molecule has 96 valence electrons. The van der Waals surface area contributed by atoms with Gasteiger partial charge in [0.1, 0.15) is 0 Å². The fourth-order valence-electron chi connectivity index (χ4n) is 3.21. The molecule has 0 heterocycles. The molecule has 0 radical (unpaired) electrons. The molecule has 0 aromatic carbocycles. The number of hydrogen-bond acceptors (Lipinski definition) is 2. The van der Waals surface area contributed by atoms with Crippen molar-refractivity contribution in [2.24, 2.45) is 5.41 Å². The minimum atomic E-state index is -2.68. The van der Waals surface area contributed by atoms with Gasteiger partial charge < -0.3 is 0 Å². The molecule has 0 N–H and O–H groups in total. The number of carbonyl (C=O) groups is 1. The molecule has 1 rings (SSSR count). The van der Waals surface area contributed by atoms with E-state index in [9.17, 15) is 4.79 Å². The Balaban J connectivity index is 3.29. The van der Waals surface area contributed by atoms with E-state index in [1.807, 2.05) is 0 Å². The van der Waals surface area contributed by atoms with Gasteiger partial charge in [0.25, 0.3) is 0 Å². The van der Waals surface area contributed by atoms with Crippen LogP contribution in [0.25, 0.3) is 0 Å². The Bertz CT molecular complexity index is 426. The summed E-state index contributed by atoms with van der Waals surface area (Å²) >= 11 is -2.68. The second kappa shape index (κ2) is 4.40. The van der Waals surface area contributed by atoms with E-state index in [4.69, 9.17) is 3.32 Å². The van der Waals surface area contributed by atoms with Crippen molar-refractivity contribution in [3.05, 3.63) is 20.6 Å². The summed E-state index contributed by atoms with van der Waals surface area (Å²) in [5.74, 6) is -0.145. The van der Waals surface area contributed by atoms with Gasteiger partial charge >= 0.3 is 109 Å². The van der Waals surface area contributed by atoms with Crippen molar-refractivity contribution >= 4 is 5.97 Å². The zero-order valence-electron chi connectivity index (χ0n) is 12.3. The third kappa shape index (κ3) is 2.43. The molecule has 3 heteroatoms. The van der Waals surface area contributed by atoms with Crippen LogP contribution in [-0.2, 0) is 25.1 Å². The fourth-order valence-corrected chi connectivity index (χ4v) is 8.84. The summed E-state index contributed by atoms with van der Waals surface area (Å²) in [5, 5.41) is 4.32. The van der Waals surface area contributed by atoms with Crippen molar-refractivity contribution in [2.75, 3.05) is 0 Å². The van der Waals surface area contributed by atoms with E-state index in [0.717, 1.165) is 0 Å². The SMILES string of the molecule is CC(=O)[O][Ti]([CH3])([CH3])[C]1=C(C)C(C)=C(C)C1(C)C. The van der Waals surface area contributed by atoms with E-state index >= 15 is 0 Å². The standard InChI is InChI=1S/C10H15.C2H4O2.2CH3.Ti/c1-7-6-10(4,5)9(3)8(7)2;1-2(3)4;;;/h1-5H3;1H3,(H,3,4);2*1H3;/q;;;;+1/p-1. The van der Waals surface area contributed by atoms with Gasteiger partial charge in [-0.15, -0.1) is 0 Å². The first kappa shape index (κ1) is 14.7. The van der Waals surface area contributed by atoms with Crippen molar-refractivity contribution in [3.8, 4) is 0 Å². The van der Waals surface area contributed by atoms with Gasteiger partial charge in [-0.25, -0.2) is 0 Å². The zero-order chi connectivity index (χ0) is 13.6. The Kier molecular flexibility index (Phi) is 3.81. The molecule has 0 saturated heterocycles. The van der Waals surface area contributed by atoms with Gasteiger partial charge in [-0.1, -0.05) is 0 Å². The molecule has 0 fully saturated rings. The average molecular weight is 272 g/mol. The quantitative estimate of drug-likeness (QED) is 0.698. The number of rotatable bonds is 2. The average Bonchev–Trinajstić information content (AvgIpc) is 2.25. The topological polar surface area (TPSA) is 26.3 Å². The molecule has 0 atom stereocenters. The predicted molar refractivity (Wildman–Crippen MR) is 68.3 cm³/mol. The predicted octanol–water partition coefficient (Wildman–Crippen LogP) is 4.36. The summed E-state index contributed by atoms with van der Waals surface area (Å²) in [6.45, 7) is 12.5. The summed E-state index contributed by atoms with van der Waals surface area (Å²) in [5.41, 5.74) is 4.18. The van der Waals surface area contributed by atoms with Gasteiger partial charge in [0.15, 0.2) is 0 Å². The second-order valence-corrected chi connectivity index (χ2v) is 11.8. The maximum atomic E-state index is 11.3. The summed E-state index contributed by atoms with van der Waals surface area (Å²) in [6.07, 6.45) is 0. The van der Waals surface area contributed by atoms with Crippen LogP contribution in [0.4, 0.5) is 0 Å². The van der Waals surface area contributed by atoms with Gasteiger partial charge in [-0.3, -0.25) is 0 Å². The van der Waals surface area contributed by atoms with Crippen molar-refractivity contribution in [1.82, 2.24) is 0 Å². The molecule has 1 aliphatic rings. The van der Waals surface area contributed by atoms with E-state index in [1.165, 1.54) is 27.5 Å².